The van der Waals surface area contributed by atoms with Gasteiger partial charge in [0.15, 0.2) is 0 Å². The summed E-state index contributed by atoms with van der Waals surface area (Å²) in [4.78, 5) is 39.4. The normalized spacial score (nSPS) is 16.9. The summed E-state index contributed by atoms with van der Waals surface area (Å²) in [6.07, 6.45) is 4.52. The van der Waals surface area contributed by atoms with Crippen LogP contribution in [0.25, 0.3) is 22.3 Å². The minimum atomic E-state index is -0.480. The number of carbonyl (C=O) groups is 2. The molecule has 2 aromatic heterocycles. The quantitative estimate of drug-likeness (QED) is 0.469. The maximum Gasteiger partial charge on any atom is 0.410 e. The van der Waals surface area contributed by atoms with Gasteiger partial charge in [0, 0.05) is 50.2 Å². The number of amides is 3. The number of aryl methyl sites for hydroxylation is 1. The summed E-state index contributed by atoms with van der Waals surface area (Å²) in [5.41, 5.74) is 5.58. The van der Waals surface area contributed by atoms with Gasteiger partial charge in [-0.2, -0.15) is 0 Å². The Hall–Kier alpha value is -3.55. The second-order valence-corrected chi connectivity index (χ2v) is 11.1. The van der Waals surface area contributed by atoms with E-state index in [1.165, 1.54) is 5.56 Å². The first-order valence-electron chi connectivity index (χ1n) is 13.3. The first-order valence-corrected chi connectivity index (χ1v) is 13.3. The van der Waals surface area contributed by atoms with Crippen LogP contribution in [-0.4, -0.2) is 70.2 Å². The maximum atomic E-state index is 13.4. The number of urea groups is 1. The molecule has 2 aliphatic heterocycles. The lowest BCUT2D eigenvalue weighted by Gasteiger charge is -2.41. The fraction of sp³-hybridized carbons (Fsp3) is 0.483. The number of H-pyrrole nitrogens is 1. The molecule has 3 amide bonds. The van der Waals surface area contributed by atoms with Gasteiger partial charge in [0.25, 0.3) is 0 Å². The Kier molecular flexibility index (Phi) is 6.84. The Labute approximate surface area is 218 Å². The van der Waals surface area contributed by atoms with E-state index in [2.05, 4.69) is 30.1 Å². The Morgan fingerprint density at radius 2 is 1.97 bits per heavy atom. The van der Waals surface area contributed by atoms with Crippen molar-refractivity contribution in [1.82, 2.24) is 19.8 Å². The SMILES string of the molecule is CCc1c[nH]c2ccc(-c3cccc(N4CCCN(CCC5CN(C(=O)OC(C)(C)C)C5)C4=O)c3)nc12. The van der Waals surface area contributed by atoms with Crippen molar-refractivity contribution < 1.29 is 14.3 Å². The molecule has 2 aliphatic rings. The zero-order valence-corrected chi connectivity index (χ0v) is 22.3. The molecule has 0 bridgehead atoms. The Morgan fingerprint density at radius 1 is 1.16 bits per heavy atom. The summed E-state index contributed by atoms with van der Waals surface area (Å²) in [6, 6.07) is 12.3. The van der Waals surface area contributed by atoms with E-state index in [1.54, 1.807) is 4.90 Å². The largest absolute Gasteiger partial charge is 0.444 e. The van der Waals surface area contributed by atoms with Crippen molar-refractivity contribution >= 4 is 28.8 Å². The second-order valence-electron chi connectivity index (χ2n) is 11.1. The standard InChI is InChI=1S/C29H37N5O3/c1-5-21-17-30-25-11-10-24(31-26(21)25)22-8-6-9-23(16-22)34-14-7-13-32(27(34)35)15-12-20-18-33(19-20)28(36)37-29(2,3)4/h6,8-11,16-17,20,30H,5,7,12-15,18-19H2,1-4H3. The summed E-state index contributed by atoms with van der Waals surface area (Å²) < 4.78 is 5.44. The van der Waals surface area contributed by atoms with Gasteiger partial charge in [-0.3, -0.25) is 4.90 Å². The van der Waals surface area contributed by atoms with Gasteiger partial charge >= 0.3 is 12.1 Å². The first-order chi connectivity index (χ1) is 17.7. The van der Waals surface area contributed by atoms with Crippen LogP contribution in [0.2, 0.25) is 0 Å². The van der Waals surface area contributed by atoms with E-state index in [0.29, 0.717) is 32.1 Å². The molecule has 8 nitrogen and oxygen atoms in total. The highest BCUT2D eigenvalue weighted by Crippen LogP contribution is 2.29. The highest BCUT2D eigenvalue weighted by atomic mass is 16.6. The van der Waals surface area contributed by atoms with Crippen LogP contribution in [0.3, 0.4) is 0 Å². The molecule has 0 aliphatic carbocycles. The van der Waals surface area contributed by atoms with Crippen molar-refractivity contribution in [3.05, 3.63) is 48.2 Å². The fourth-order valence-electron chi connectivity index (χ4n) is 5.11. The van der Waals surface area contributed by atoms with E-state index in [-0.39, 0.29) is 12.1 Å². The molecule has 0 atom stereocenters. The van der Waals surface area contributed by atoms with Crippen molar-refractivity contribution in [2.45, 2.75) is 52.6 Å². The lowest BCUT2D eigenvalue weighted by atomic mass is 9.96. The first kappa shape index (κ1) is 25.1. The number of hydrogen-bond donors (Lipinski definition) is 1. The van der Waals surface area contributed by atoms with Gasteiger partial charge in [-0.15, -0.1) is 0 Å². The second kappa shape index (κ2) is 10.1. The van der Waals surface area contributed by atoms with Gasteiger partial charge in [-0.25, -0.2) is 14.6 Å². The molecule has 2 fully saturated rings. The Balaban J connectivity index is 1.21. The number of aromatic nitrogens is 2. The number of benzene rings is 1. The molecule has 8 heteroatoms. The number of anilines is 1. The molecule has 1 aromatic carbocycles. The number of likely N-dealkylation sites (tertiary alicyclic amines) is 1. The predicted octanol–water partition coefficient (Wildman–Crippen LogP) is 5.68. The van der Waals surface area contributed by atoms with E-state index >= 15 is 0 Å². The lowest BCUT2D eigenvalue weighted by Crippen LogP contribution is -2.54. The third-order valence-electron chi connectivity index (χ3n) is 7.16. The maximum absolute atomic E-state index is 13.4. The Bertz CT molecular complexity index is 1290. The molecule has 0 spiro atoms. The van der Waals surface area contributed by atoms with Gasteiger partial charge in [0.1, 0.15) is 5.60 Å². The fourth-order valence-corrected chi connectivity index (χ4v) is 5.11. The minimum Gasteiger partial charge on any atom is -0.444 e. The van der Waals surface area contributed by atoms with Crippen LogP contribution in [-0.2, 0) is 11.2 Å². The third kappa shape index (κ3) is 5.43. The van der Waals surface area contributed by atoms with Crippen LogP contribution in [0.4, 0.5) is 15.3 Å². The van der Waals surface area contributed by atoms with E-state index in [1.807, 2.05) is 55.0 Å². The summed E-state index contributed by atoms with van der Waals surface area (Å²) in [7, 11) is 0. The average molecular weight is 504 g/mol. The number of carbonyl (C=O) groups excluding carboxylic acids is 2. The van der Waals surface area contributed by atoms with Crippen molar-refractivity contribution in [3.8, 4) is 11.3 Å². The summed E-state index contributed by atoms with van der Waals surface area (Å²) in [6.45, 7) is 11.3. The monoisotopic (exact) mass is 503 g/mol. The number of aromatic amines is 1. The van der Waals surface area contributed by atoms with Gasteiger partial charge in [-0.1, -0.05) is 19.1 Å². The van der Waals surface area contributed by atoms with Gasteiger partial charge in [-0.05, 0) is 75.8 Å². The van der Waals surface area contributed by atoms with E-state index in [9.17, 15) is 9.59 Å². The molecule has 1 N–H and O–H groups in total. The number of pyridine rings is 1. The number of rotatable bonds is 6. The predicted molar refractivity (Wildman–Crippen MR) is 146 cm³/mol. The van der Waals surface area contributed by atoms with Gasteiger partial charge < -0.3 is 19.5 Å². The molecule has 2 saturated heterocycles. The van der Waals surface area contributed by atoms with Gasteiger partial charge in [0.2, 0.25) is 0 Å². The molecular formula is C29H37N5O3. The highest BCUT2D eigenvalue weighted by molar-refractivity contribution is 5.93. The number of ether oxygens (including phenoxy) is 1. The van der Waals surface area contributed by atoms with Crippen LogP contribution in [0, 0.1) is 5.92 Å². The Morgan fingerprint density at radius 3 is 2.73 bits per heavy atom. The summed E-state index contributed by atoms with van der Waals surface area (Å²) in [5.74, 6) is 0.404. The van der Waals surface area contributed by atoms with Gasteiger partial charge in [0.05, 0.1) is 16.7 Å². The molecule has 196 valence electrons. The molecule has 37 heavy (non-hydrogen) atoms. The molecular weight excluding hydrogens is 466 g/mol. The molecule has 4 heterocycles. The number of nitrogens with zero attached hydrogens (tertiary/aromatic N) is 4. The van der Waals surface area contributed by atoms with Crippen molar-refractivity contribution in [3.63, 3.8) is 0 Å². The molecule has 3 aromatic rings. The molecule has 0 unspecified atom stereocenters. The van der Waals surface area contributed by atoms with Crippen molar-refractivity contribution in [2.75, 3.05) is 37.6 Å². The molecule has 5 rings (SSSR count). The third-order valence-corrected chi connectivity index (χ3v) is 7.16. The average Bonchev–Trinajstić information content (AvgIpc) is 3.25. The van der Waals surface area contributed by atoms with E-state index in [0.717, 1.165) is 53.8 Å². The lowest BCUT2D eigenvalue weighted by molar-refractivity contribution is -0.00305. The number of nitrogens with one attached hydrogen (secondary N) is 1. The zero-order valence-electron chi connectivity index (χ0n) is 22.3. The molecule has 0 radical (unpaired) electrons. The van der Waals surface area contributed by atoms with Crippen LogP contribution in [0.15, 0.2) is 42.6 Å². The van der Waals surface area contributed by atoms with Crippen LogP contribution in [0.1, 0.15) is 46.1 Å². The van der Waals surface area contributed by atoms with Crippen LogP contribution in [0.5, 0.6) is 0 Å². The summed E-state index contributed by atoms with van der Waals surface area (Å²) >= 11 is 0. The zero-order chi connectivity index (χ0) is 26.2. The van der Waals surface area contributed by atoms with Crippen molar-refractivity contribution in [1.29, 1.82) is 0 Å². The van der Waals surface area contributed by atoms with Crippen molar-refractivity contribution in [2.24, 2.45) is 5.92 Å². The van der Waals surface area contributed by atoms with Crippen LogP contribution >= 0.6 is 0 Å². The van der Waals surface area contributed by atoms with Crippen LogP contribution < -0.4 is 4.90 Å². The number of fused-ring (bicyclic) bond motifs is 1. The highest BCUT2D eigenvalue weighted by Gasteiger charge is 2.35. The van der Waals surface area contributed by atoms with E-state index < -0.39 is 5.60 Å². The van der Waals surface area contributed by atoms with E-state index in [4.69, 9.17) is 9.72 Å². The number of hydrogen-bond acceptors (Lipinski definition) is 4. The molecule has 0 saturated carbocycles. The topological polar surface area (TPSA) is 81.8 Å². The summed E-state index contributed by atoms with van der Waals surface area (Å²) in [5, 5.41) is 0. The minimum absolute atomic E-state index is 0.0500. The smallest absolute Gasteiger partial charge is 0.410 e.